The van der Waals surface area contributed by atoms with Crippen molar-refractivity contribution in [1.82, 2.24) is 9.78 Å². The standard InChI is InChI=1S/C23H19N3O2/c1-16-7-2-5-12-20(16)24-22(27)15-26-23(28)14-13-21(25-26)19-11-6-9-17-8-3-4-10-18(17)19/h2-14H,15H2,1H3,(H,24,27). The van der Waals surface area contributed by atoms with E-state index in [4.69, 9.17) is 0 Å². The molecule has 5 nitrogen and oxygen atoms in total. The molecule has 138 valence electrons. The van der Waals surface area contributed by atoms with Crippen molar-refractivity contribution in [2.24, 2.45) is 0 Å². The number of hydrogen-bond donors (Lipinski definition) is 1. The van der Waals surface area contributed by atoms with Gasteiger partial charge in [0.2, 0.25) is 5.91 Å². The minimum absolute atomic E-state index is 0.147. The normalized spacial score (nSPS) is 10.8. The van der Waals surface area contributed by atoms with E-state index in [1.54, 1.807) is 6.07 Å². The third-order valence-electron chi connectivity index (χ3n) is 4.64. The van der Waals surface area contributed by atoms with Crippen molar-refractivity contribution in [1.29, 1.82) is 0 Å². The molecule has 0 bridgehead atoms. The smallest absolute Gasteiger partial charge is 0.267 e. The predicted molar refractivity (Wildman–Crippen MR) is 111 cm³/mol. The first-order chi connectivity index (χ1) is 13.6. The topological polar surface area (TPSA) is 64.0 Å². The summed E-state index contributed by atoms with van der Waals surface area (Å²) in [6.07, 6.45) is 0. The lowest BCUT2D eigenvalue weighted by Gasteiger charge is -2.11. The molecule has 0 aliphatic heterocycles. The molecule has 0 spiro atoms. The van der Waals surface area contributed by atoms with Crippen LogP contribution in [0.1, 0.15) is 5.56 Å². The average molecular weight is 369 g/mol. The van der Waals surface area contributed by atoms with Crippen LogP contribution in [0, 0.1) is 6.92 Å². The fraction of sp³-hybridized carbons (Fsp3) is 0.0870. The fourth-order valence-corrected chi connectivity index (χ4v) is 3.19. The minimum Gasteiger partial charge on any atom is -0.324 e. The van der Waals surface area contributed by atoms with Crippen LogP contribution in [0.15, 0.2) is 83.7 Å². The number of aromatic nitrogens is 2. The number of anilines is 1. The van der Waals surface area contributed by atoms with E-state index in [-0.39, 0.29) is 18.0 Å². The van der Waals surface area contributed by atoms with E-state index in [1.807, 2.05) is 73.7 Å². The Labute approximate surface area is 162 Å². The summed E-state index contributed by atoms with van der Waals surface area (Å²) in [7, 11) is 0. The van der Waals surface area contributed by atoms with E-state index in [0.717, 1.165) is 27.6 Å². The summed E-state index contributed by atoms with van der Waals surface area (Å²) >= 11 is 0. The Bertz CT molecular complexity index is 1220. The molecule has 0 atom stereocenters. The molecule has 28 heavy (non-hydrogen) atoms. The molecule has 1 aromatic heterocycles. The van der Waals surface area contributed by atoms with Crippen molar-refractivity contribution in [2.75, 3.05) is 5.32 Å². The maximum atomic E-state index is 12.4. The molecule has 0 aliphatic rings. The highest BCUT2D eigenvalue weighted by molar-refractivity contribution is 5.95. The van der Waals surface area contributed by atoms with Gasteiger partial charge in [-0.3, -0.25) is 9.59 Å². The zero-order valence-corrected chi connectivity index (χ0v) is 15.4. The van der Waals surface area contributed by atoms with Gasteiger partial charge < -0.3 is 5.32 Å². The van der Waals surface area contributed by atoms with Gasteiger partial charge in [-0.05, 0) is 35.4 Å². The molecule has 1 N–H and O–H groups in total. The van der Waals surface area contributed by atoms with E-state index in [0.29, 0.717) is 5.69 Å². The largest absolute Gasteiger partial charge is 0.324 e. The van der Waals surface area contributed by atoms with E-state index in [9.17, 15) is 9.59 Å². The zero-order valence-electron chi connectivity index (χ0n) is 15.4. The van der Waals surface area contributed by atoms with Gasteiger partial charge >= 0.3 is 0 Å². The summed E-state index contributed by atoms with van der Waals surface area (Å²) < 4.78 is 1.20. The fourth-order valence-electron chi connectivity index (χ4n) is 3.19. The van der Waals surface area contributed by atoms with Crippen LogP contribution in [0.4, 0.5) is 5.69 Å². The van der Waals surface area contributed by atoms with Crippen LogP contribution in [0.2, 0.25) is 0 Å². The lowest BCUT2D eigenvalue weighted by molar-refractivity contribution is -0.117. The summed E-state index contributed by atoms with van der Waals surface area (Å²) in [5.41, 5.74) is 2.95. The number of hydrogen-bond acceptors (Lipinski definition) is 3. The predicted octanol–water partition coefficient (Wildman–Crippen LogP) is 4.01. The molecule has 0 fully saturated rings. The van der Waals surface area contributed by atoms with Crippen LogP contribution in [0.3, 0.4) is 0 Å². The van der Waals surface area contributed by atoms with E-state index < -0.39 is 0 Å². The third-order valence-corrected chi connectivity index (χ3v) is 4.64. The number of nitrogens with zero attached hydrogens (tertiary/aromatic N) is 2. The molecule has 1 heterocycles. The second-order valence-electron chi connectivity index (χ2n) is 6.60. The zero-order chi connectivity index (χ0) is 19.5. The summed E-state index contributed by atoms with van der Waals surface area (Å²) in [6, 6.07) is 24.6. The molecular weight excluding hydrogens is 350 g/mol. The molecule has 1 amide bonds. The highest BCUT2D eigenvalue weighted by atomic mass is 16.2. The van der Waals surface area contributed by atoms with E-state index >= 15 is 0 Å². The van der Waals surface area contributed by atoms with E-state index in [1.165, 1.54) is 10.7 Å². The van der Waals surface area contributed by atoms with E-state index in [2.05, 4.69) is 10.4 Å². The Morgan fingerprint density at radius 2 is 1.68 bits per heavy atom. The molecule has 3 aromatic carbocycles. The SMILES string of the molecule is Cc1ccccc1NC(=O)Cn1nc(-c2cccc3ccccc23)ccc1=O. The number of fused-ring (bicyclic) bond motifs is 1. The first-order valence-electron chi connectivity index (χ1n) is 9.03. The number of amides is 1. The van der Waals surface area contributed by atoms with Crippen molar-refractivity contribution in [3.63, 3.8) is 0 Å². The molecule has 5 heteroatoms. The summed E-state index contributed by atoms with van der Waals surface area (Å²) in [4.78, 5) is 24.7. The van der Waals surface area contributed by atoms with Gasteiger partial charge in [-0.15, -0.1) is 0 Å². The van der Waals surface area contributed by atoms with Crippen LogP contribution >= 0.6 is 0 Å². The molecule has 0 radical (unpaired) electrons. The highest BCUT2D eigenvalue weighted by Gasteiger charge is 2.11. The number of rotatable bonds is 4. The Morgan fingerprint density at radius 1 is 0.929 bits per heavy atom. The lowest BCUT2D eigenvalue weighted by atomic mass is 10.0. The van der Waals surface area contributed by atoms with Gasteiger partial charge in [0.05, 0.1) is 5.69 Å². The van der Waals surface area contributed by atoms with Gasteiger partial charge in [-0.1, -0.05) is 60.7 Å². The summed E-state index contributed by atoms with van der Waals surface area (Å²) in [5, 5.41) is 9.42. The summed E-state index contributed by atoms with van der Waals surface area (Å²) in [6.45, 7) is 1.77. The van der Waals surface area contributed by atoms with Gasteiger partial charge in [-0.25, -0.2) is 4.68 Å². The number of para-hydroxylation sites is 1. The second kappa shape index (κ2) is 7.48. The third kappa shape index (κ3) is 3.55. The molecular formula is C23H19N3O2. The molecule has 4 aromatic rings. The number of aryl methyl sites for hydroxylation is 1. The van der Waals surface area contributed by atoms with Crippen LogP contribution in [0.25, 0.3) is 22.0 Å². The molecule has 0 saturated heterocycles. The average Bonchev–Trinajstić information content (AvgIpc) is 2.71. The van der Waals surface area contributed by atoms with Gasteiger partial charge in [-0.2, -0.15) is 5.10 Å². The molecule has 0 aliphatic carbocycles. The van der Waals surface area contributed by atoms with Gasteiger partial charge in [0.1, 0.15) is 6.54 Å². The van der Waals surface area contributed by atoms with Gasteiger partial charge in [0.15, 0.2) is 0 Å². The Hall–Kier alpha value is -3.73. The molecule has 0 saturated carbocycles. The number of carbonyl (C=O) groups is 1. The maximum absolute atomic E-state index is 12.4. The van der Waals surface area contributed by atoms with Crippen LogP contribution in [-0.2, 0) is 11.3 Å². The monoisotopic (exact) mass is 369 g/mol. The molecule has 0 unspecified atom stereocenters. The van der Waals surface area contributed by atoms with Crippen LogP contribution in [-0.4, -0.2) is 15.7 Å². The van der Waals surface area contributed by atoms with Crippen molar-refractivity contribution < 1.29 is 4.79 Å². The Kier molecular flexibility index (Phi) is 4.72. The quantitative estimate of drug-likeness (QED) is 0.591. The number of benzene rings is 3. The second-order valence-corrected chi connectivity index (χ2v) is 6.60. The highest BCUT2D eigenvalue weighted by Crippen LogP contribution is 2.26. The van der Waals surface area contributed by atoms with Crippen molar-refractivity contribution in [3.8, 4) is 11.3 Å². The minimum atomic E-state index is -0.316. The van der Waals surface area contributed by atoms with Gasteiger partial charge in [0.25, 0.3) is 5.56 Å². The molecule has 4 rings (SSSR count). The summed E-state index contributed by atoms with van der Waals surface area (Å²) in [5.74, 6) is -0.293. The van der Waals surface area contributed by atoms with Crippen LogP contribution in [0.5, 0.6) is 0 Å². The van der Waals surface area contributed by atoms with Crippen LogP contribution < -0.4 is 10.9 Å². The Balaban J connectivity index is 1.65. The Morgan fingerprint density at radius 3 is 2.54 bits per heavy atom. The lowest BCUT2D eigenvalue weighted by Crippen LogP contribution is -2.29. The number of nitrogens with one attached hydrogen (secondary N) is 1. The first kappa shape index (κ1) is 17.7. The van der Waals surface area contributed by atoms with Crippen molar-refractivity contribution >= 4 is 22.4 Å². The van der Waals surface area contributed by atoms with Crippen molar-refractivity contribution in [2.45, 2.75) is 13.5 Å². The van der Waals surface area contributed by atoms with Crippen molar-refractivity contribution in [3.05, 3.63) is 94.8 Å². The maximum Gasteiger partial charge on any atom is 0.267 e. The first-order valence-corrected chi connectivity index (χ1v) is 9.03. The number of carbonyl (C=O) groups excluding carboxylic acids is 1. The van der Waals surface area contributed by atoms with Gasteiger partial charge in [0, 0.05) is 17.3 Å².